The van der Waals surface area contributed by atoms with Gasteiger partial charge >= 0.3 is 0 Å². The summed E-state index contributed by atoms with van der Waals surface area (Å²) in [5.41, 5.74) is 0.928. The maximum atomic E-state index is 12.3. The summed E-state index contributed by atoms with van der Waals surface area (Å²) in [5.74, 6) is 0. The molecule has 1 aromatic carbocycles. The van der Waals surface area contributed by atoms with Crippen molar-refractivity contribution in [1.82, 2.24) is 8.61 Å². The number of hydrogen-bond donors (Lipinski definition) is 1. The third-order valence-corrected chi connectivity index (χ3v) is 4.98. The van der Waals surface area contributed by atoms with Gasteiger partial charge in [-0.1, -0.05) is 30.3 Å². The van der Waals surface area contributed by atoms with E-state index in [-0.39, 0.29) is 12.6 Å². The Bertz CT molecular complexity index is 474. The topological polar surface area (TPSA) is 60.9 Å². The molecule has 19 heavy (non-hydrogen) atoms. The molecule has 0 heterocycles. The number of aliphatic hydroxyl groups excluding tert-OH is 1. The Morgan fingerprint density at radius 1 is 1.21 bits per heavy atom. The maximum Gasteiger partial charge on any atom is 0.282 e. The molecule has 0 aliphatic heterocycles. The Labute approximate surface area is 115 Å². The Balaban J connectivity index is 3.00. The zero-order chi connectivity index (χ0) is 14.5. The van der Waals surface area contributed by atoms with Crippen molar-refractivity contribution in [2.75, 3.05) is 20.7 Å². The van der Waals surface area contributed by atoms with Gasteiger partial charge in [-0.2, -0.15) is 17.0 Å². The van der Waals surface area contributed by atoms with Crippen molar-refractivity contribution in [1.29, 1.82) is 0 Å². The third kappa shape index (κ3) is 4.28. The van der Waals surface area contributed by atoms with E-state index in [0.717, 1.165) is 5.56 Å². The van der Waals surface area contributed by atoms with Gasteiger partial charge in [0.05, 0.1) is 0 Å². The zero-order valence-electron chi connectivity index (χ0n) is 11.7. The molecule has 1 N–H and O–H groups in total. The van der Waals surface area contributed by atoms with Crippen LogP contribution in [-0.4, -0.2) is 48.9 Å². The summed E-state index contributed by atoms with van der Waals surface area (Å²) in [5, 5.41) is 9.02. The monoisotopic (exact) mass is 286 g/mol. The fraction of sp³-hybridized carbons (Fsp3) is 0.538. The predicted molar refractivity (Wildman–Crippen MR) is 75.8 cm³/mol. The molecule has 1 atom stereocenters. The first-order valence-electron chi connectivity index (χ1n) is 6.23. The van der Waals surface area contributed by atoms with Crippen molar-refractivity contribution in [2.45, 2.75) is 25.9 Å². The number of aliphatic hydroxyl groups is 1. The molecule has 0 saturated heterocycles. The Morgan fingerprint density at radius 3 is 2.26 bits per heavy atom. The molecule has 0 fully saturated rings. The van der Waals surface area contributed by atoms with E-state index in [0.29, 0.717) is 13.0 Å². The highest BCUT2D eigenvalue weighted by Crippen LogP contribution is 2.17. The minimum absolute atomic E-state index is 0.0323. The zero-order valence-corrected chi connectivity index (χ0v) is 12.5. The highest BCUT2D eigenvalue weighted by molar-refractivity contribution is 7.86. The van der Waals surface area contributed by atoms with Gasteiger partial charge in [0.2, 0.25) is 0 Å². The molecule has 0 amide bonds. The van der Waals surface area contributed by atoms with E-state index in [1.165, 1.54) is 22.7 Å². The van der Waals surface area contributed by atoms with Crippen LogP contribution in [0.3, 0.4) is 0 Å². The minimum Gasteiger partial charge on any atom is -0.396 e. The largest absolute Gasteiger partial charge is 0.396 e. The number of benzene rings is 1. The van der Waals surface area contributed by atoms with Crippen LogP contribution in [0.4, 0.5) is 0 Å². The van der Waals surface area contributed by atoms with Crippen LogP contribution in [-0.2, 0) is 16.8 Å². The quantitative estimate of drug-likeness (QED) is 0.815. The van der Waals surface area contributed by atoms with Crippen LogP contribution in [0.25, 0.3) is 0 Å². The second kappa shape index (κ2) is 7.00. The lowest BCUT2D eigenvalue weighted by Crippen LogP contribution is -2.44. The van der Waals surface area contributed by atoms with Gasteiger partial charge in [0.25, 0.3) is 10.2 Å². The van der Waals surface area contributed by atoms with Crippen LogP contribution in [0.2, 0.25) is 0 Å². The molecule has 0 aliphatic rings. The minimum atomic E-state index is -3.50. The number of nitrogens with zero attached hydrogens (tertiary/aromatic N) is 2. The molecule has 6 heteroatoms. The van der Waals surface area contributed by atoms with Crippen LogP contribution in [0, 0.1) is 0 Å². The standard InChI is InChI=1S/C13H22N2O3S/c1-12(9-10-16)15(19(17,18)14(2)3)11-13-7-5-4-6-8-13/h4-8,12,16H,9-11H2,1-3H3. The summed E-state index contributed by atoms with van der Waals surface area (Å²) in [6.45, 7) is 2.08. The Kier molecular flexibility index (Phi) is 5.93. The number of hydrogen-bond acceptors (Lipinski definition) is 3. The molecule has 108 valence electrons. The molecule has 1 unspecified atom stereocenters. The molecule has 0 aromatic heterocycles. The van der Waals surface area contributed by atoms with Crippen molar-refractivity contribution in [3.8, 4) is 0 Å². The van der Waals surface area contributed by atoms with Crippen molar-refractivity contribution >= 4 is 10.2 Å². The van der Waals surface area contributed by atoms with Crippen LogP contribution >= 0.6 is 0 Å². The molecule has 5 nitrogen and oxygen atoms in total. The SMILES string of the molecule is CC(CCO)N(Cc1ccccc1)S(=O)(=O)N(C)C. The van der Waals surface area contributed by atoms with Gasteiger partial charge in [0, 0.05) is 33.3 Å². The third-order valence-electron chi connectivity index (χ3n) is 2.98. The first-order valence-corrected chi connectivity index (χ1v) is 7.63. The highest BCUT2D eigenvalue weighted by atomic mass is 32.2. The molecule has 0 bridgehead atoms. The summed E-state index contributed by atoms with van der Waals surface area (Å²) < 4.78 is 27.3. The fourth-order valence-electron chi connectivity index (χ4n) is 1.77. The van der Waals surface area contributed by atoms with Crippen LogP contribution in [0.1, 0.15) is 18.9 Å². The van der Waals surface area contributed by atoms with Gasteiger partial charge in [0.1, 0.15) is 0 Å². The van der Waals surface area contributed by atoms with Gasteiger partial charge < -0.3 is 5.11 Å². The van der Waals surface area contributed by atoms with Crippen LogP contribution in [0.15, 0.2) is 30.3 Å². The summed E-state index contributed by atoms with van der Waals surface area (Å²) >= 11 is 0. The van der Waals surface area contributed by atoms with Gasteiger partial charge in [0.15, 0.2) is 0 Å². The molecule has 1 aromatic rings. The van der Waals surface area contributed by atoms with Crippen molar-refractivity contribution in [2.24, 2.45) is 0 Å². The second-order valence-electron chi connectivity index (χ2n) is 4.68. The smallest absolute Gasteiger partial charge is 0.282 e. The Hall–Kier alpha value is -0.950. The first-order chi connectivity index (χ1) is 8.89. The first kappa shape index (κ1) is 16.1. The average molecular weight is 286 g/mol. The molecule has 0 spiro atoms. The summed E-state index contributed by atoms with van der Waals surface area (Å²) in [6, 6.07) is 9.19. The number of rotatable bonds is 7. The molecule has 1 rings (SSSR count). The van der Waals surface area contributed by atoms with Crippen molar-refractivity contribution < 1.29 is 13.5 Å². The summed E-state index contributed by atoms with van der Waals surface area (Å²) in [4.78, 5) is 0. The average Bonchev–Trinajstić information content (AvgIpc) is 2.37. The van der Waals surface area contributed by atoms with E-state index >= 15 is 0 Å². The molecule has 0 radical (unpaired) electrons. The fourth-order valence-corrected chi connectivity index (χ4v) is 3.06. The van der Waals surface area contributed by atoms with E-state index < -0.39 is 10.2 Å². The maximum absolute atomic E-state index is 12.3. The van der Waals surface area contributed by atoms with E-state index in [2.05, 4.69) is 0 Å². The van der Waals surface area contributed by atoms with E-state index in [9.17, 15) is 8.42 Å². The lowest BCUT2D eigenvalue weighted by Gasteiger charge is -2.30. The summed E-state index contributed by atoms with van der Waals surface area (Å²) in [6.07, 6.45) is 0.417. The highest BCUT2D eigenvalue weighted by Gasteiger charge is 2.28. The van der Waals surface area contributed by atoms with E-state index in [1.807, 2.05) is 30.3 Å². The van der Waals surface area contributed by atoms with E-state index in [4.69, 9.17) is 5.11 Å². The molecule has 0 aliphatic carbocycles. The predicted octanol–water partition coefficient (Wildman–Crippen LogP) is 1.07. The second-order valence-corrected chi connectivity index (χ2v) is 6.78. The molecular formula is C13H22N2O3S. The summed E-state index contributed by atoms with van der Waals surface area (Å²) in [7, 11) is -0.477. The molecule has 0 saturated carbocycles. The van der Waals surface area contributed by atoms with Gasteiger partial charge in [-0.05, 0) is 18.9 Å². The lowest BCUT2D eigenvalue weighted by molar-refractivity contribution is 0.225. The van der Waals surface area contributed by atoms with E-state index in [1.54, 1.807) is 6.92 Å². The van der Waals surface area contributed by atoms with Crippen LogP contribution in [0.5, 0.6) is 0 Å². The van der Waals surface area contributed by atoms with Crippen LogP contribution < -0.4 is 0 Å². The van der Waals surface area contributed by atoms with Crippen molar-refractivity contribution in [3.63, 3.8) is 0 Å². The van der Waals surface area contributed by atoms with Gasteiger partial charge in [-0.25, -0.2) is 0 Å². The lowest BCUT2D eigenvalue weighted by atomic mass is 10.2. The Morgan fingerprint density at radius 2 is 1.79 bits per heavy atom. The van der Waals surface area contributed by atoms with Gasteiger partial charge in [-0.15, -0.1) is 0 Å². The van der Waals surface area contributed by atoms with Crippen molar-refractivity contribution in [3.05, 3.63) is 35.9 Å². The molecular weight excluding hydrogens is 264 g/mol. The normalized spacial score (nSPS) is 14.0. The van der Waals surface area contributed by atoms with Gasteiger partial charge in [-0.3, -0.25) is 0 Å².